The summed E-state index contributed by atoms with van der Waals surface area (Å²) < 4.78 is 2.39. The summed E-state index contributed by atoms with van der Waals surface area (Å²) in [5.74, 6) is -1.37. The second-order valence-electron chi connectivity index (χ2n) is 10.5. The third kappa shape index (κ3) is 3.69. The van der Waals surface area contributed by atoms with Crippen LogP contribution in [-0.4, -0.2) is 28.7 Å². The van der Waals surface area contributed by atoms with Crippen LogP contribution < -0.4 is 4.90 Å². The minimum Gasteiger partial charge on any atom is -0.481 e. The van der Waals surface area contributed by atoms with E-state index in [1.807, 2.05) is 24.3 Å². The Morgan fingerprint density at radius 3 is 2.41 bits per heavy atom. The summed E-state index contributed by atoms with van der Waals surface area (Å²) in [6.07, 6.45) is 0.563. The number of carboxylic acids is 1. The summed E-state index contributed by atoms with van der Waals surface area (Å²) in [5, 5.41) is 12.2. The molecule has 0 fully saturated rings. The van der Waals surface area contributed by atoms with Gasteiger partial charge in [-0.3, -0.25) is 4.79 Å². The Kier molecular flexibility index (Phi) is 5.57. The Labute approximate surface area is 195 Å². The Balaban J connectivity index is 2.17. The lowest BCUT2D eigenvalue weighted by Gasteiger charge is -2.37. The van der Waals surface area contributed by atoms with Crippen LogP contribution in [0.2, 0.25) is 5.02 Å². The maximum Gasteiger partial charge on any atom is 0.311 e. The lowest BCUT2D eigenvalue weighted by atomic mass is 9.76. The van der Waals surface area contributed by atoms with E-state index in [1.165, 1.54) is 11.2 Å². The molecule has 0 radical (unpaired) electrons. The molecule has 2 heterocycles. The second-order valence-corrected chi connectivity index (χ2v) is 11.0. The van der Waals surface area contributed by atoms with Crippen molar-refractivity contribution in [1.82, 2.24) is 4.57 Å². The van der Waals surface area contributed by atoms with Crippen molar-refractivity contribution in [2.24, 2.45) is 5.41 Å². The van der Waals surface area contributed by atoms with E-state index in [1.54, 1.807) is 0 Å². The van der Waals surface area contributed by atoms with E-state index in [-0.39, 0.29) is 5.41 Å². The number of carbonyl (C=O) groups is 1. The fraction of sp³-hybridized carbons (Fsp3) is 0.444. The zero-order chi connectivity index (χ0) is 23.5. The number of rotatable bonds is 4. The van der Waals surface area contributed by atoms with Crippen LogP contribution >= 0.6 is 11.6 Å². The standard InChI is InChI=1S/C27H33ClN2O2/c1-15-12-20-23(18-8-10-19(28)11-9-18)22(21(26(31)32)13-27(4,5)6)17(3)24-25(20)30(15)14-16(2)29(24)7/h8-12,16,21H,13-14H2,1-7H3,(H,31,32)/t16-,21-/m0/s1. The van der Waals surface area contributed by atoms with Crippen LogP contribution in [0.1, 0.15) is 56.9 Å². The molecule has 0 spiro atoms. The first kappa shape index (κ1) is 22.7. The number of nitrogens with zero attached hydrogens (tertiary/aromatic N) is 2. The van der Waals surface area contributed by atoms with Crippen LogP contribution in [0.25, 0.3) is 22.0 Å². The van der Waals surface area contributed by atoms with E-state index < -0.39 is 11.9 Å². The van der Waals surface area contributed by atoms with Crippen molar-refractivity contribution in [2.45, 2.75) is 66.5 Å². The van der Waals surface area contributed by atoms with E-state index in [9.17, 15) is 9.90 Å². The minimum absolute atomic E-state index is 0.125. The molecule has 3 aromatic rings. The van der Waals surface area contributed by atoms with Gasteiger partial charge in [-0.1, -0.05) is 44.5 Å². The number of halogens is 1. The van der Waals surface area contributed by atoms with Gasteiger partial charge in [0.05, 0.1) is 17.1 Å². The summed E-state index contributed by atoms with van der Waals surface area (Å²) in [6.45, 7) is 13.7. The Morgan fingerprint density at radius 1 is 1.22 bits per heavy atom. The third-order valence-electron chi connectivity index (χ3n) is 6.88. The first-order valence-electron chi connectivity index (χ1n) is 11.3. The molecular formula is C27H33ClN2O2. The van der Waals surface area contributed by atoms with E-state index in [0.717, 1.165) is 39.9 Å². The lowest BCUT2D eigenvalue weighted by Crippen LogP contribution is -2.37. The average Bonchev–Trinajstić information content (AvgIpc) is 3.01. The second kappa shape index (κ2) is 7.84. The van der Waals surface area contributed by atoms with E-state index in [0.29, 0.717) is 17.5 Å². The van der Waals surface area contributed by atoms with Crippen LogP contribution in [0.4, 0.5) is 5.69 Å². The van der Waals surface area contributed by atoms with Gasteiger partial charge in [0.25, 0.3) is 0 Å². The number of carboxylic acid groups (broad SMARTS) is 1. The number of hydrogen-bond acceptors (Lipinski definition) is 2. The van der Waals surface area contributed by atoms with Crippen molar-refractivity contribution >= 4 is 34.2 Å². The highest BCUT2D eigenvalue weighted by Crippen LogP contribution is 2.49. The highest BCUT2D eigenvalue weighted by Gasteiger charge is 2.35. The number of aromatic nitrogens is 1. The molecule has 2 aromatic carbocycles. The molecule has 5 heteroatoms. The van der Waals surface area contributed by atoms with Gasteiger partial charge in [0, 0.05) is 35.7 Å². The molecule has 1 aliphatic rings. The Bertz CT molecular complexity index is 1200. The molecule has 0 unspecified atom stereocenters. The SMILES string of the molecule is Cc1c([C@H](CC(C)(C)C)C(=O)O)c(-c2ccc(Cl)cc2)c2cc(C)n3c2c1N(C)[C@@H](C)C3. The minimum atomic E-state index is -0.771. The summed E-state index contributed by atoms with van der Waals surface area (Å²) in [4.78, 5) is 15.0. The highest BCUT2D eigenvalue weighted by molar-refractivity contribution is 6.30. The van der Waals surface area contributed by atoms with Crippen molar-refractivity contribution in [1.29, 1.82) is 0 Å². The number of anilines is 1. The molecule has 0 saturated carbocycles. The van der Waals surface area contributed by atoms with Gasteiger partial charge in [-0.05, 0) is 73.1 Å². The predicted molar refractivity (Wildman–Crippen MR) is 134 cm³/mol. The van der Waals surface area contributed by atoms with Crippen molar-refractivity contribution in [3.8, 4) is 11.1 Å². The number of aliphatic carboxylic acids is 1. The highest BCUT2D eigenvalue weighted by atomic mass is 35.5. The van der Waals surface area contributed by atoms with Gasteiger partial charge in [-0.15, -0.1) is 0 Å². The Hall–Kier alpha value is -2.46. The zero-order valence-corrected chi connectivity index (χ0v) is 20.8. The van der Waals surface area contributed by atoms with Gasteiger partial charge < -0.3 is 14.6 Å². The van der Waals surface area contributed by atoms with E-state index >= 15 is 0 Å². The largest absolute Gasteiger partial charge is 0.481 e. The van der Waals surface area contributed by atoms with Crippen molar-refractivity contribution in [3.05, 3.63) is 52.2 Å². The maximum atomic E-state index is 12.7. The molecule has 2 atom stereocenters. The average molecular weight is 453 g/mol. The molecule has 170 valence electrons. The van der Waals surface area contributed by atoms with Crippen molar-refractivity contribution in [2.75, 3.05) is 11.9 Å². The van der Waals surface area contributed by atoms with Gasteiger partial charge in [-0.25, -0.2) is 0 Å². The number of benzene rings is 2. The van der Waals surface area contributed by atoms with Gasteiger partial charge in [0.1, 0.15) is 0 Å². The third-order valence-corrected chi connectivity index (χ3v) is 7.13. The molecular weight excluding hydrogens is 420 g/mol. The molecule has 1 aliphatic heterocycles. The predicted octanol–water partition coefficient (Wildman–Crippen LogP) is 7.02. The van der Waals surface area contributed by atoms with Gasteiger partial charge in [-0.2, -0.15) is 0 Å². The first-order chi connectivity index (χ1) is 14.9. The van der Waals surface area contributed by atoms with Crippen LogP contribution in [-0.2, 0) is 11.3 Å². The molecule has 4 nitrogen and oxygen atoms in total. The summed E-state index contributed by atoms with van der Waals surface area (Å²) in [5.41, 5.74) is 7.46. The molecule has 0 amide bonds. The fourth-order valence-electron chi connectivity index (χ4n) is 5.32. The topological polar surface area (TPSA) is 45.5 Å². The quantitative estimate of drug-likeness (QED) is 0.462. The molecule has 0 aliphatic carbocycles. The normalized spacial score (nSPS) is 17.1. The van der Waals surface area contributed by atoms with E-state index in [2.05, 4.69) is 64.1 Å². The number of hydrogen-bond donors (Lipinski definition) is 1. The fourth-order valence-corrected chi connectivity index (χ4v) is 5.45. The molecule has 0 bridgehead atoms. The van der Waals surface area contributed by atoms with Crippen LogP contribution in [0, 0.1) is 19.3 Å². The van der Waals surface area contributed by atoms with Gasteiger partial charge >= 0.3 is 5.97 Å². The number of likely N-dealkylation sites (N-methyl/N-ethyl adjacent to an activating group) is 1. The lowest BCUT2D eigenvalue weighted by molar-refractivity contribution is -0.139. The molecule has 1 N–H and O–H groups in total. The van der Waals surface area contributed by atoms with Crippen molar-refractivity contribution in [3.63, 3.8) is 0 Å². The van der Waals surface area contributed by atoms with E-state index in [4.69, 9.17) is 11.6 Å². The van der Waals surface area contributed by atoms with Gasteiger partial charge in [0.2, 0.25) is 0 Å². The Morgan fingerprint density at radius 2 is 1.84 bits per heavy atom. The summed E-state index contributed by atoms with van der Waals surface area (Å²) >= 11 is 6.20. The first-order valence-corrected chi connectivity index (χ1v) is 11.7. The van der Waals surface area contributed by atoms with Crippen LogP contribution in [0.15, 0.2) is 30.3 Å². The molecule has 4 rings (SSSR count). The summed E-state index contributed by atoms with van der Waals surface area (Å²) in [7, 11) is 2.13. The van der Waals surface area contributed by atoms with Crippen LogP contribution in [0.5, 0.6) is 0 Å². The maximum absolute atomic E-state index is 12.7. The summed E-state index contributed by atoms with van der Waals surface area (Å²) in [6, 6.07) is 10.4. The monoisotopic (exact) mass is 452 g/mol. The molecule has 1 aromatic heterocycles. The smallest absolute Gasteiger partial charge is 0.311 e. The van der Waals surface area contributed by atoms with Crippen LogP contribution in [0.3, 0.4) is 0 Å². The molecule has 0 saturated heterocycles. The molecule has 32 heavy (non-hydrogen) atoms. The number of aryl methyl sites for hydroxylation is 1. The zero-order valence-electron chi connectivity index (χ0n) is 20.1. The van der Waals surface area contributed by atoms with Crippen molar-refractivity contribution < 1.29 is 9.90 Å². The van der Waals surface area contributed by atoms with Gasteiger partial charge in [0.15, 0.2) is 0 Å².